The zero-order valence-electron chi connectivity index (χ0n) is 9.57. The van der Waals surface area contributed by atoms with E-state index in [2.05, 4.69) is 15.9 Å². The third-order valence-corrected chi connectivity index (χ3v) is 5.40. The minimum atomic E-state index is -3.46. The lowest BCUT2D eigenvalue weighted by Gasteiger charge is -2.17. The predicted molar refractivity (Wildman–Crippen MR) is 70.2 cm³/mol. The molecule has 92 valence electrons. The fourth-order valence-corrected chi connectivity index (χ4v) is 4.75. The van der Waals surface area contributed by atoms with Crippen molar-refractivity contribution in [3.05, 3.63) is 33.1 Å². The predicted octanol–water partition coefficient (Wildman–Crippen LogP) is 2.74. The second-order valence-corrected chi connectivity index (χ2v) is 7.56. The normalized spacial score (nSPS) is 17.8. The number of halogens is 1. The van der Waals surface area contributed by atoms with E-state index < -0.39 is 15.4 Å². The van der Waals surface area contributed by atoms with Gasteiger partial charge in [-0.25, -0.2) is 8.42 Å². The zero-order valence-corrected chi connectivity index (χ0v) is 12.0. The molecule has 1 aromatic rings. The molecule has 17 heavy (non-hydrogen) atoms. The van der Waals surface area contributed by atoms with Gasteiger partial charge in [-0.05, 0) is 47.5 Å². The van der Waals surface area contributed by atoms with Crippen LogP contribution in [0.25, 0.3) is 6.08 Å². The lowest BCUT2D eigenvalue weighted by atomic mass is 10.0. The lowest BCUT2D eigenvalue weighted by Crippen LogP contribution is -2.21. The first-order chi connectivity index (χ1) is 7.72. The maximum atomic E-state index is 12.3. The Balaban J connectivity index is 2.54. The minimum Gasteiger partial charge on any atom is -0.390 e. The number of rotatable bonds is 2. The molecule has 1 aliphatic rings. The average Bonchev–Trinajstić information content (AvgIpc) is 2.37. The van der Waals surface area contributed by atoms with Crippen molar-refractivity contribution in [3.8, 4) is 0 Å². The first kappa shape index (κ1) is 12.8. The molecule has 3 nitrogen and oxygen atoms in total. The second kappa shape index (κ2) is 3.93. The standard InChI is InChI=1S/C12H13BrO3S/c1-12(2,14)7-9-6-8-4-3-5-10(13)11(8)17(9,15)16/h3-6,14H,7H2,1-2H3. The van der Waals surface area contributed by atoms with Gasteiger partial charge < -0.3 is 5.11 Å². The van der Waals surface area contributed by atoms with E-state index >= 15 is 0 Å². The molecule has 0 radical (unpaired) electrons. The number of benzene rings is 1. The molecule has 1 aliphatic heterocycles. The Morgan fingerprint density at radius 3 is 2.53 bits per heavy atom. The SMILES string of the molecule is CC(C)(O)CC1=Cc2cccc(Br)c2S1(=O)=O. The number of fused-ring (bicyclic) bond motifs is 1. The van der Waals surface area contributed by atoms with Crippen molar-refractivity contribution < 1.29 is 13.5 Å². The van der Waals surface area contributed by atoms with Gasteiger partial charge in [0.25, 0.3) is 0 Å². The van der Waals surface area contributed by atoms with E-state index in [-0.39, 0.29) is 11.3 Å². The largest absolute Gasteiger partial charge is 0.390 e. The summed E-state index contributed by atoms with van der Waals surface area (Å²) in [6.45, 7) is 3.20. The molecule has 0 unspecified atom stereocenters. The molecule has 0 spiro atoms. The summed E-state index contributed by atoms with van der Waals surface area (Å²) < 4.78 is 25.1. The van der Waals surface area contributed by atoms with E-state index in [0.29, 0.717) is 14.9 Å². The number of hydrogen-bond acceptors (Lipinski definition) is 3. The van der Waals surface area contributed by atoms with Crippen molar-refractivity contribution in [2.45, 2.75) is 30.8 Å². The van der Waals surface area contributed by atoms with Gasteiger partial charge in [0.05, 0.1) is 15.4 Å². The van der Waals surface area contributed by atoms with Gasteiger partial charge in [0.15, 0.2) is 0 Å². The molecule has 0 amide bonds. The van der Waals surface area contributed by atoms with E-state index in [1.807, 2.05) is 0 Å². The van der Waals surface area contributed by atoms with Gasteiger partial charge in [-0.2, -0.15) is 0 Å². The van der Waals surface area contributed by atoms with Crippen molar-refractivity contribution in [2.24, 2.45) is 0 Å². The van der Waals surface area contributed by atoms with E-state index in [1.54, 1.807) is 38.1 Å². The molecule has 5 heteroatoms. The lowest BCUT2D eigenvalue weighted by molar-refractivity contribution is 0.0829. The second-order valence-electron chi connectivity index (χ2n) is 4.76. The average molecular weight is 317 g/mol. The van der Waals surface area contributed by atoms with E-state index in [0.717, 1.165) is 0 Å². The van der Waals surface area contributed by atoms with Crippen LogP contribution in [0.4, 0.5) is 0 Å². The summed E-state index contributed by atoms with van der Waals surface area (Å²) in [5, 5.41) is 9.74. The van der Waals surface area contributed by atoms with Crippen molar-refractivity contribution in [2.75, 3.05) is 0 Å². The Morgan fingerprint density at radius 1 is 1.35 bits per heavy atom. The highest BCUT2D eigenvalue weighted by molar-refractivity contribution is 9.10. The van der Waals surface area contributed by atoms with Gasteiger partial charge in [-0.3, -0.25) is 0 Å². The van der Waals surface area contributed by atoms with Crippen LogP contribution >= 0.6 is 15.9 Å². The van der Waals surface area contributed by atoms with Crippen molar-refractivity contribution in [1.82, 2.24) is 0 Å². The highest BCUT2D eigenvalue weighted by Crippen LogP contribution is 2.40. The maximum Gasteiger partial charge on any atom is 0.204 e. The van der Waals surface area contributed by atoms with Crippen LogP contribution in [0.1, 0.15) is 25.8 Å². The number of aliphatic hydroxyl groups is 1. The first-order valence-electron chi connectivity index (χ1n) is 5.18. The molecule has 0 aromatic heterocycles. The quantitative estimate of drug-likeness (QED) is 0.912. The monoisotopic (exact) mass is 316 g/mol. The molecule has 0 saturated heterocycles. The van der Waals surface area contributed by atoms with Gasteiger partial charge in [0.1, 0.15) is 0 Å². The zero-order chi connectivity index (χ0) is 12.8. The summed E-state index contributed by atoms with van der Waals surface area (Å²) in [6, 6.07) is 5.26. The highest BCUT2D eigenvalue weighted by Gasteiger charge is 2.34. The maximum absolute atomic E-state index is 12.3. The molecule has 2 rings (SSSR count). The molecule has 0 bridgehead atoms. The summed E-state index contributed by atoms with van der Waals surface area (Å²) in [4.78, 5) is 0.575. The van der Waals surface area contributed by atoms with E-state index in [1.165, 1.54) is 0 Å². The van der Waals surface area contributed by atoms with Crippen molar-refractivity contribution in [3.63, 3.8) is 0 Å². The van der Waals surface area contributed by atoms with Gasteiger partial charge >= 0.3 is 0 Å². The van der Waals surface area contributed by atoms with Crippen molar-refractivity contribution in [1.29, 1.82) is 0 Å². The summed E-state index contributed by atoms with van der Waals surface area (Å²) in [6.07, 6.45) is 1.75. The van der Waals surface area contributed by atoms with Crippen LogP contribution in [0, 0.1) is 0 Å². The summed E-state index contributed by atoms with van der Waals surface area (Å²) in [5.41, 5.74) is -0.355. The summed E-state index contributed by atoms with van der Waals surface area (Å²) >= 11 is 3.26. The Morgan fingerprint density at radius 2 is 2.00 bits per heavy atom. The first-order valence-corrected chi connectivity index (χ1v) is 7.46. The molecule has 1 heterocycles. The number of sulfone groups is 1. The van der Waals surface area contributed by atoms with Gasteiger partial charge in [-0.1, -0.05) is 12.1 Å². The minimum absolute atomic E-state index is 0.121. The van der Waals surface area contributed by atoms with Crippen molar-refractivity contribution >= 4 is 31.8 Å². The van der Waals surface area contributed by atoms with Crippen LogP contribution in [0.2, 0.25) is 0 Å². The smallest absolute Gasteiger partial charge is 0.204 e. The van der Waals surface area contributed by atoms with Gasteiger partial charge in [0.2, 0.25) is 9.84 Å². The number of hydrogen-bond donors (Lipinski definition) is 1. The fraction of sp³-hybridized carbons (Fsp3) is 0.333. The summed E-state index contributed by atoms with van der Waals surface area (Å²) in [5.74, 6) is 0. The van der Waals surface area contributed by atoms with Gasteiger partial charge in [0, 0.05) is 10.9 Å². The van der Waals surface area contributed by atoms with Crippen LogP contribution in [-0.4, -0.2) is 19.1 Å². The molecular formula is C12H13BrO3S. The van der Waals surface area contributed by atoms with Crippen LogP contribution in [0.5, 0.6) is 0 Å². The topological polar surface area (TPSA) is 54.4 Å². The van der Waals surface area contributed by atoms with Crippen LogP contribution in [-0.2, 0) is 9.84 Å². The molecule has 0 fully saturated rings. The van der Waals surface area contributed by atoms with Gasteiger partial charge in [-0.15, -0.1) is 0 Å². The van der Waals surface area contributed by atoms with Crippen LogP contribution in [0.3, 0.4) is 0 Å². The third-order valence-electron chi connectivity index (χ3n) is 2.53. The Labute approximate surface area is 109 Å². The molecule has 1 aromatic carbocycles. The highest BCUT2D eigenvalue weighted by atomic mass is 79.9. The van der Waals surface area contributed by atoms with Crippen LogP contribution < -0.4 is 0 Å². The molecule has 0 saturated carbocycles. The Bertz CT molecular complexity index is 595. The van der Waals surface area contributed by atoms with E-state index in [9.17, 15) is 13.5 Å². The summed E-state index contributed by atoms with van der Waals surface area (Å²) in [7, 11) is -3.46. The molecular weight excluding hydrogens is 304 g/mol. The fourth-order valence-electron chi connectivity index (χ4n) is 1.88. The van der Waals surface area contributed by atoms with Crippen LogP contribution in [0.15, 0.2) is 32.5 Å². The Kier molecular flexibility index (Phi) is 2.96. The molecule has 1 N–H and O–H groups in total. The third kappa shape index (κ3) is 2.32. The van der Waals surface area contributed by atoms with E-state index in [4.69, 9.17) is 0 Å². The Hall–Kier alpha value is -0.650. The molecule has 0 aliphatic carbocycles. The molecule has 0 atom stereocenters.